The Bertz CT molecular complexity index is 513. The molecule has 0 saturated heterocycles. The SMILES string of the molecule is CC(=O)[O][Hg][c]1cc(S(=O)(=O)O)ccc1N. The molecule has 0 amide bonds. The third kappa shape index (κ3) is 3.73. The van der Waals surface area contributed by atoms with E-state index in [4.69, 9.17) is 12.9 Å². The summed E-state index contributed by atoms with van der Waals surface area (Å²) in [6, 6.07) is 3.84. The van der Waals surface area contributed by atoms with E-state index in [1.165, 1.54) is 25.1 Å². The van der Waals surface area contributed by atoms with Crippen molar-refractivity contribution in [1.29, 1.82) is 0 Å². The van der Waals surface area contributed by atoms with Crippen LogP contribution in [0.15, 0.2) is 23.1 Å². The molecule has 3 N–H and O–H groups in total. The fourth-order valence-corrected chi connectivity index (χ4v) is 5.83. The summed E-state index contributed by atoms with van der Waals surface area (Å²) in [5.41, 5.74) is 5.99. The Labute approximate surface area is 106 Å². The summed E-state index contributed by atoms with van der Waals surface area (Å²) in [5, 5.41) is 0. The molecule has 0 spiro atoms. The zero-order valence-electron chi connectivity index (χ0n) is 8.50. The Morgan fingerprint density at radius 2 is 2.12 bits per heavy atom. The van der Waals surface area contributed by atoms with Crippen LogP contribution in [0.3, 0.4) is 0 Å². The Hall–Kier alpha value is -0.665. The maximum atomic E-state index is 10.9. The van der Waals surface area contributed by atoms with E-state index in [0.717, 1.165) is 0 Å². The number of nitrogen functional groups attached to an aromatic ring is 1. The van der Waals surface area contributed by atoms with Crippen LogP contribution in [0.4, 0.5) is 5.69 Å². The molecular formula is C8H9HgNO5S. The Morgan fingerprint density at radius 3 is 2.62 bits per heavy atom. The van der Waals surface area contributed by atoms with Gasteiger partial charge in [-0.3, -0.25) is 0 Å². The number of carbonyl (C=O) groups excluding carboxylic acids is 1. The number of anilines is 1. The summed E-state index contributed by atoms with van der Waals surface area (Å²) < 4.78 is 36.0. The molecular weight excluding hydrogens is 423 g/mol. The van der Waals surface area contributed by atoms with Gasteiger partial charge in [-0.25, -0.2) is 0 Å². The molecule has 8 heteroatoms. The van der Waals surface area contributed by atoms with Gasteiger partial charge in [-0.1, -0.05) is 0 Å². The van der Waals surface area contributed by atoms with Gasteiger partial charge in [0.2, 0.25) is 0 Å². The topological polar surface area (TPSA) is 107 Å². The normalized spacial score (nSPS) is 10.6. The number of hydrogen-bond donors (Lipinski definition) is 2. The zero-order chi connectivity index (χ0) is 12.3. The molecule has 0 atom stereocenters. The first kappa shape index (κ1) is 13.4. The number of hydrogen-bond acceptors (Lipinski definition) is 5. The number of rotatable bonds is 3. The zero-order valence-corrected chi connectivity index (χ0v) is 14.8. The minimum absolute atomic E-state index is 0.233. The van der Waals surface area contributed by atoms with Gasteiger partial charge >= 0.3 is 106 Å². The van der Waals surface area contributed by atoms with Crippen molar-refractivity contribution in [1.82, 2.24) is 0 Å². The summed E-state index contributed by atoms with van der Waals surface area (Å²) in [6.45, 7) is 1.28. The number of carbonyl (C=O) groups is 1. The van der Waals surface area contributed by atoms with Gasteiger partial charge < -0.3 is 0 Å². The van der Waals surface area contributed by atoms with Crippen LogP contribution in [-0.2, 0) is 42.6 Å². The second-order valence-electron chi connectivity index (χ2n) is 3.12. The number of benzene rings is 1. The quantitative estimate of drug-likeness (QED) is 0.387. The molecule has 0 aromatic heterocycles. The van der Waals surface area contributed by atoms with Crippen molar-refractivity contribution >= 4 is 24.8 Å². The van der Waals surface area contributed by atoms with Gasteiger partial charge in [0.25, 0.3) is 0 Å². The summed E-state index contributed by atoms with van der Waals surface area (Å²) in [6.07, 6.45) is 0. The molecule has 0 radical (unpaired) electrons. The van der Waals surface area contributed by atoms with Crippen molar-refractivity contribution in [2.75, 3.05) is 5.73 Å². The van der Waals surface area contributed by atoms with Gasteiger partial charge in [-0.15, -0.1) is 0 Å². The molecule has 0 aliphatic carbocycles. The molecule has 1 aromatic rings. The Morgan fingerprint density at radius 1 is 1.50 bits per heavy atom. The van der Waals surface area contributed by atoms with Gasteiger partial charge in [-0.05, 0) is 0 Å². The van der Waals surface area contributed by atoms with Crippen molar-refractivity contribution in [3.63, 3.8) is 0 Å². The average Bonchev–Trinajstić information content (AvgIpc) is 2.14. The van der Waals surface area contributed by atoms with Crippen LogP contribution < -0.4 is 8.81 Å². The van der Waals surface area contributed by atoms with Crippen LogP contribution >= 0.6 is 0 Å². The molecule has 84 valence electrons. The van der Waals surface area contributed by atoms with E-state index < -0.39 is 41.1 Å². The van der Waals surface area contributed by atoms with Crippen molar-refractivity contribution in [3.8, 4) is 0 Å². The average molecular weight is 432 g/mol. The molecule has 0 aliphatic heterocycles. The Balaban J connectivity index is 3.04. The second-order valence-corrected chi connectivity index (χ2v) is 9.74. The van der Waals surface area contributed by atoms with Crippen molar-refractivity contribution < 1.29 is 45.4 Å². The van der Waals surface area contributed by atoms with Crippen LogP contribution in [0.5, 0.6) is 0 Å². The van der Waals surface area contributed by atoms with Crippen LogP contribution in [0.25, 0.3) is 0 Å². The van der Waals surface area contributed by atoms with Gasteiger partial charge in [0.1, 0.15) is 0 Å². The van der Waals surface area contributed by atoms with Crippen molar-refractivity contribution in [2.24, 2.45) is 0 Å². The molecule has 1 aromatic carbocycles. The second kappa shape index (κ2) is 5.11. The number of nitrogens with two attached hydrogens (primary N) is 1. The first-order valence-electron chi connectivity index (χ1n) is 4.30. The fraction of sp³-hybridized carbons (Fsp3) is 0.125. The summed E-state index contributed by atoms with van der Waals surface area (Å²) >= 11 is -2.19. The standard InChI is InChI=1S/C6H6NO3S.C2H4O2.Hg/c7-5-1-3-6(4-2-5)11(8,9)10;1-2(3)4;/h1,3-4H,7H2,(H,8,9,10);1H3,(H,3,4);/q;;+1/p-1. The van der Waals surface area contributed by atoms with E-state index in [-0.39, 0.29) is 4.90 Å². The van der Waals surface area contributed by atoms with E-state index >= 15 is 0 Å². The van der Waals surface area contributed by atoms with E-state index in [2.05, 4.69) is 0 Å². The van der Waals surface area contributed by atoms with Crippen molar-refractivity contribution in [3.05, 3.63) is 18.2 Å². The molecule has 0 heterocycles. The predicted molar refractivity (Wildman–Crippen MR) is 52.1 cm³/mol. The van der Waals surface area contributed by atoms with Crippen LogP contribution in [-0.4, -0.2) is 18.9 Å². The van der Waals surface area contributed by atoms with Crippen LogP contribution in [0.2, 0.25) is 0 Å². The molecule has 1 rings (SSSR count). The van der Waals surface area contributed by atoms with Gasteiger partial charge in [-0.2, -0.15) is 0 Å². The summed E-state index contributed by atoms with van der Waals surface area (Å²) in [7, 11) is -4.24. The minimum atomic E-state index is -4.24. The molecule has 6 nitrogen and oxygen atoms in total. The van der Waals surface area contributed by atoms with E-state index in [9.17, 15) is 13.2 Å². The summed E-state index contributed by atoms with van der Waals surface area (Å²) in [4.78, 5) is 10.4. The first-order valence-corrected chi connectivity index (χ1v) is 10.7. The van der Waals surface area contributed by atoms with E-state index in [1.807, 2.05) is 0 Å². The monoisotopic (exact) mass is 433 g/mol. The third-order valence-corrected chi connectivity index (χ3v) is 8.42. The van der Waals surface area contributed by atoms with Gasteiger partial charge in [0.15, 0.2) is 0 Å². The third-order valence-electron chi connectivity index (χ3n) is 1.84. The van der Waals surface area contributed by atoms with Gasteiger partial charge in [0, 0.05) is 0 Å². The molecule has 0 bridgehead atoms. The van der Waals surface area contributed by atoms with E-state index in [0.29, 0.717) is 8.76 Å². The van der Waals surface area contributed by atoms with Gasteiger partial charge in [0.05, 0.1) is 0 Å². The van der Waals surface area contributed by atoms with Crippen LogP contribution in [0.1, 0.15) is 6.92 Å². The molecule has 0 aliphatic rings. The summed E-state index contributed by atoms with van der Waals surface area (Å²) in [5.74, 6) is -0.404. The fourth-order valence-electron chi connectivity index (χ4n) is 1.05. The van der Waals surface area contributed by atoms with Crippen LogP contribution in [0, 0.1) is 0 Å². The Kier molecular flexibility index (Phi) is 4.28. The molecule has 0 saturated carbocycles. The molecule has 16 heavy (non-hydrogen) atoms. The molecule has 0 fully saturated rings. The first-order chi connectivity index (χ1) is 7.30. The maximum absolute atomic E-state index is 10.9. The predicted octanol–water partition coefficient (Wildman–Crippen LogP) is -0.299. The van der Waals surface area contributed by atoms with E-state index in [1.54, 1.807) is 0 Å². The molecule has 0 unspecified atom stereocenters. The van der Waals surface area contributed by atoms with Crippen molar-refractivity contribution in [2.45, 2.75) is 11.8 Å².